The standard InChI is InChI=1S/C10H19BrO2S/c1-3-14(12,13)8-4-5-10(6-7-10)9(2)11/h9H,3-8H2,1-2H3. The minimum absolute atomic E-state index is 0.282. The Morgan fingerprint density at radius 2 is 2.00 bits per heavy atom. The maximum atomic E-state index is 11.3. The van der Waals surface area contributed by atoms with E-state index in [-0.39, 0.29) is 5.75 Å². The van der Waals surface area contributed by atoms with Crippen LogP contribution >= 0.6 is 15.9 Å². The summed E-state index contributed by atoms with van der Waals surface area (Å²) in [6, 6.07) is 0. The van der Waals surface area contributed by atoms with E-state index in [1.165, 1.54) is 12.8 Å². The van der Waals surface area contributed by atoms with Gasteiger partial charge in [0.1, 0.15) is 9.84 Å². The molecule has 0 amide bonds. The molecule has 0 N–H and O–H groups in total. The molecule has 1 unspecified atom stereocenters. The minimum atomic E-state index is -2.76. The molecule has 0 aromatic carbocycles. The van der Waals surface area contributed by atoms with Gasteiger partial charge >= 0.3 is 0 Å². The average Bonchev–Trinajstić information content (AvgIpc) is 2.85. The third kappa shape index (κ3) is 3.23. The van der Waals surface area contributed by atoms with E-state index in [0.717, 1.165) is 12.8 Å². The second-order valence-electron chi connectivity index (χ2n) is 4.32. The molecule has 0 bridgehead atoms. The lowest BCUT2D eigenvalue weighted by atomic mass is 9.98. The Kier molecular flexibility index (Phi) is 4.03. The molecule has 0 radical (unpaired) electrons. The lowest BCUT2D eigenvalue weighted by Gasteiger charge is -2.17. The van der Waals surface area contributed by atoms with Crippen LogP contribution in [0, 0.1) is 5.41 Å². The van der Waals surface area contributed by atoms with Crippen LogP contribution in [0.25, 0.3) is 0 Å². The summed E-state index contributed by atoms with van der Waals surface area (Å²) in [5.74, 6) is 0.648. The number of alkyl halides is 1. The number of rotatable bonds is 6. The Labute approximate surface area is 95.5 Å². The van der Waals surface area contributed by atoms with E-state index >= 15 is 0 Å². The summed E-state index contributed by atoms with van der Waals surface area (Å²) in [4.78, 5) is 0.527. The zero-order valence-electron chi connectivity index (χ0n) is 8.92. The first-order valence-corrected chi connectivity index (χ1v) is 8.00. The van der Waals surface area contributed by atoms with Gasteiger partial charge < -0.3 is 0 Å². The molecule has 14 heavy (non-hydrogen) atoms. The van der Waals surface area contributed by atoms with Gasteiger partial charge in [-0.2, -0.15) is 0 Å². The van der Waals surface area contributed by atoms with Crippen molar-refractivity contribution in [2.45, 2.75) is 44.4 Å². The third-order valence-corrected chi connectivity index (χ3v) is 6.07. The van der Waals surface area contributed by atoms with Gasteiger partial charge in [-0.25, -0.2) is 8.42 Å². The van der Waals surface area contributed by atoms with Crippen molar-refractivity contribution in [3.05, 3.63) is 0 Å². The van der Waals surface area contributed by atoms with Crippen LogP contribution in [0.15, 0.2) is 0 Å². The number of sulfone groups is 1. The molecule has 1 aliphatic carbocycles. The van der Waals surface area contributed by atoms with Crippen molar-refractivity contribution >= 4 is 25.8 Å². The normalized spacial score (nSPS) is 21.9. The van der Waals surface area contributed by atoms with E-state index in [9.17, 15) is 8.42 Å². The Balaban J connectivity index is 2.29. The van der Waals surface area contributed by atoms with Gasteiger partial charge in [-0.1, -0.05) is 29.8 Å². The lowest BCUT2D eigenvalue weighted by Crippen LogP contribution is -2.15. The van der Waals surface area contributed by atoms with E-state index in [1.807, 2.05) is 0 Å². The van der Waals surface area contributed by atoms with Gasteiger partial charge in [-0.3, -0.25) is 0 Å². The van der Waals surface area contributed by atoms with Crippen molar-refractivity contribution in [3.8, 4) is 0 Å². The van der Waals surface area contributed by atoms with E-state index in [0.29, 0.717) is 16.0 Å². The van der Waals surface area contributed by atoms with Crippen LogP contribution in [0.2, 0.25) is 0 Å². The molecule has 84 valence electrons. The predicted molar refractivity (Wildman–Crippen MR) is 63.6 cm³/mol. The summed E-state index contributed by atoms with van der Waals surface area (Å²) in [5, 5.41) is 0. The maximum Gasteiger partial charge on any atom is 0.150 e. The van der Waals surface area contributed by atoms with E-state index in [1.54, 1.807) is 6.92 Å². The molecule has 1 aliphatic rings. The lowest BCUT2D eigenvalue weighted by molar-refractivity contribution is 0.460. The molecule has 0 aromatic heterocycles. The highest BCUT2D eigenvalue weighted by Gasteiger charge is 2.45. The molecule has 1 saturated carbocycles. The van der Waals surface area contributed by atoms with Crippen LogP contribution < -0.4 is 0 Å². The summed E-state index contributed by atoms with van der Waals surface area (Å²) in [6.07, 6.45) is 4.39. The summed E-state index contributed by atoms with van der Waals surface area (Å²) < 4.78 is 22.5. The van der Waals surface area contributed by atoms with Gasteiger partial charge in [-0.05, 0) is 31.1 Å². The van der Waals surface area contributed by atoms with Crippen molar-refractivity contribution in [3.63, 3.8) is 0 Å². The number of hydrogen-bond donors (Lipinski definition) is 0. The first-order chi connectivity index (χ1) is 6.42. The zero-order chi connectivity index (χ0) is 10.8. The van der Waals surface area contributed by atoms with Crippen molar-refractivity contribution in [1.82, 2.24) is 0 Å². The summed E-state index contributed by atoms with van der Waals surface area (Å²) in [7, 11) is -2.76. The molecule has 4 heteroatoms. The molecule has 1 fully saturated rings. The minimum Gasteiger partial charge on any atom is -0.229 e. The van der Waals surface area contributed by atoms with Gasteiger partial charge in [0, 0.05) is 10.6 Å². The fourth-order valence-electron chi connectivity index (χ4n) is 1.80. The summed E-state index contributed by atoms with van der Waals surface area (Å²) >= 11 is 3.61. The molecule has 1 atom stereocenters. The monoisotopic (exact) mass is 282 g/mol. The van der Waals surface area contributed by atoms with Gasteiger partial charge in [-0.15, -0.1) is 0 Å². The second kappa shape index (κ2) is 4.52. The zero-order valence-corrected chi connectivity index (χ0v) is 11.3. The molecule has 0 aliphatic heterocycles. The van der Waals surface area contributed by atoms with E-state index in [4.69, 9.17) is 0 Å². The van der Waals surface area contributed by atoms with Crippen molar-refractivity contribution in [1.29, 1.82) is 0 Å². The van der Waals surface area contributed by atoms with Crippen LogP contribution in [0.1, 0.15) is 39.5 Å². The second-order valence-corrected chi connectivity index (χ2v) is 8.16. The maximum absolute atomic E-state index is 11.3. The average molecular weight is 283 g/mol. The molecule has 0 saturated heterocycles. The molecule has 0 aromatic rings. The largest absolute Gasteiger partial charge is 0.229 e. The topological polar surface area (TPSA) is 34.1 Å². The Morgan fingerprint density at radius 1 is 1.43 bits per heavy atom. The van der Waals surface area contributed by atoms with Crippen molar-refractivity contribution in [2.24, 2.45) is 5.41 Å². The van der Waals surface area contributed by atoms with Gasteiger partial charge in [0.2, 0.25) is 0 Å². The fraction of sp³-hybridized carbons (Fsp3) is 1.00. The van der Waals surface area contributed by atoms with Gasteiger partial charge in [0.15, 0.2) is 0 Å². The highest BCUT2D eigenvalue weighted by molar-refractivity contribution is 9.09. The Morgan fingerprint density at radius 3 is 2.36 bits per heavy atom. The Bertz CT molecular complexity index is 278. The van der Waals surface area contributed by atoms with E-state index < -0.39 is 9.84 Å². The highest BCUT2D eigenvalue weighted by Crippen LogP contribution is 2.54. The quantitative estimate of drug-likeness (QED) is 0.702. The highest BCUT2D eigenvalue weighted by atomic mass is 79.9. The SMILES string of the molecule is CCS(=O)(=O)CCCC1(C(C)Br)CC1. The molecule has 1 rings (SSSR count). The fourth-order valence-corrected chi connectivity index (χ4v) is 3.36. The summed E-state index contributed by atoms with van der Waals surface area (Å²) in [6.45, 7) is 3.89. The van der Waals surface area contributed by atoms with Crippen LogP contribution in [0.3, 0.4) is 0 Å². The molecule has 0 heterocycles. The van der Waals surface area contributed by atoms with Gasteiger partial charge in [0.25, 0.3) is 0 Å². The number of halogens is 1. The van der Waals surface area contributed by atoms with Crippen LogP contribution in [0.5, 0.6) is 0 Å². The molecule has 2 nitrogen and oxygen atoms in total. The van der Waals surface area contributed by atoms with Gasteiger partial charge in [0.05, 0.1) is 5.75 Å². The Hall–Kier alpha value is 0.430. The first-order valence-electron chi connectivity index (χ1n) is 5.26. The van der Waals surface area contributed by atoms with Crippen molar-refractivity contribution < 1.29 is 8.42 Å². The number of hydrogen-bond acceptors (Lipinski definition) is 2. The third-order valence-electron chi connectivity index (χ3n) is 3.31. The van der Waals surface area contributed by atoms with Crippen LogP contribution in [0.4, 0.5) is 0 Å². The molecular formula is C10H19BrO2S. The van der Waals surface area contributed by atoms with E-state index in [2.05, 4.69) is 22.9 Å². The first kappa shape index (κ1) is 12.5. The van der Waals surface area contributed by atoms with Crippen LogP contribution in [-0.4, -0.2) is 24.8 Å². The summed E-state index contributed by atoms with van der Waals surface area (Å²) in [5.41, 5.74) is 0.420. The smallest absolute Gasteiger partial charge is 0.150 e. The predicted octanol–water partition coefficient (Wildman–Crippen LogP) is 2.76. The molecule has 0 spiro atoms. The van der Waals surface area contributed by atoms with Crippen LogP contribution in [-0.2, 0) is 9.84 Å². The molecular weight excluding hydrogens is 264 g/mol. The van der Waals surface area contributed by atoms with Crippen molar-refractivity contribution in [2.75, 3.05) is 11.5 Å².